The number of amides is 2. The normalized spacial score (nSPS) is 19.8. The van der Waals surface area contributed by atoms with E-state index in [4.69, 9.17) is 9.47 Å². The Morgan fingerprint density at radius 3 is 1.96 bits per heavy atom. The Hall–Kier alpha value is -1.14. The topological polar surface area (TPSA) is 76.7 Å². The second-order valence-corrected chi connectivity index (χ2v) is 7.81. The van der Waals surface area contributed by atoms with Crippen LogP contribution in [0.2, 0.25) is 0 Å². The van der Waals surface area contributed by atoms with Crippen molar-refractivity contribution < 1.29 is 19.1 Å². The van der Waals surface area contributed by atoms with Crippen LogP contribution in [0.3, 0.4) is 0 Å². The minimum absolute atomic E-state index is 0.0806. The van der Waals surface area contributed by atoms with Crippen LogP contribution in [0.15, 0.2) is 0 Å². The second-order valence-electron chi connectivity index (χ2n) is 7.81. The van der Waals surface area contributed by atoms with Crippen molar-refractivity contribution in [3.63, 3.8) is 0 Å². The van der Waals surface area contributed by atoms with Gasteiger partial charge >= 0.3 is 0 Å². The maximum atomic E-state index is 12.1. The number of hydrogen-bond acceptors (Lipinski definition) is 4. The van der Waals surface area contributed by atoms with Gasteiger partial charge in [-0.05, 0) is 50.4 Å². The Kier molecular flexibility index (Phi) is 7.04. The minimum atomic E-state index is -0.508. The van der Waals surface area contributed by atoms with Gasteiger partial charge in [-0.2, -0.15) is 0 Å². The molecule has 2 saturated carbocycles. The summed E-state index contributed by atoms with van der Waals surface area (Å²) in [6.07, 6.45) is 4.84. The van der Waals surface area contributed by atoms with E-state index in [0.29, 0.717) is 31.6 Å². The smallest absolute Gasteiger partial charge is 0.246 e. The van der Waals surface area contributed by atoms with E-state index in [1.807, 2.05) is 20.8 Å². The molecule has 0 saturated heterocycles. The zero-order valence-electron chi connectivity index (χ0n) is 15.2. The first-order valence-electron chi connectivity index (χ1n) is 9.12. The van der Waals surface area contributed by atoms with Crippen LogP contribution in [-0.4, -0.2) is 50.3 Å². The second kappa shape index (κ2) is 8.81. The molecule has 1 unspecified atom stereocenters. The molecule has 6 nitrogen and oxygen atoms in total. The van der Waals surface area contributed by atoms with Gasteiger partial charge in [0.05, 0.1) is 18.8 Å². The van der Waals surface area contributed by atoms with E-state index < -0.39 is 5.54 Å². The molecular formula is C18H32N2O4. The summed E-state index contributed by atoms with van der Waals surface area (Å²) < 4.78 is 10.8. The summed E-state index contributed by atoms with van der Waals surface area (Å²) in [7, 11) is 0. The number of nitrogens with one attached hydrogen (secondary N) is 2. The van der Waals surface area contributed by atoms with Crippen molar-refractivity contribution in [3.8, 4) is 0 Å². The van der Waals surface area contributed by atoms with Crippen LogP contribution in [0.1, 0.15) is 46.5 Å². The molecule has 0 radical (unpaired) electrons. The molecule has 138 valence electrons. The Labute approximate surface area is 145 Å². The van der Waals surface area contributed by atoms with E-state index in [0.717, 1.165) is 0 Å². The summed E-state index contributed by atoms with van der Waals surface area (Å²) in [6.45, 7) is 7.89. The third-order valence-electron chi connectivity index (χ3n) is 4.92. The average molecular weight is 340 g/mol. The van der Waals surface area contributed by atoms with Crippen molar-refractivity contribution in [1.82, 2.24) is 10.6 Å². The van der Waals surface area contributed by atoms with E-state index in [-0.39, 0.29) is 30.9 Å². The van der Waals surface area contributed by atoms with Crippen molar-refractivity contribution in [3.05, 3.63) is 0 Å². The van der Waals surface area contributed by atoms with Gasteiger partial charge in [-0.3, -0.25) is 9.59 Å². The average Bonchev–Trinajstić information content (AvgIpc) is 3.39. The largest absolute Gasteiger partial charge is 0.371 e. The van der Waals surface area contributed by atoms with Crippen molar-refractivity contribution in [2.45, 2.75) is 52.0 Å². The van der Waals surface area contributed by atoms with Crippen molar-refractivity contribution in [2.24, 2.45) is 17.8 Å². The maximum absolute atomic E-state index is 12.1. The first-order chi connectivity index (χ1) is 11.4. The highest BCUT2D eigenvalue weighted by molar-refractivity contribution is 5.79. The molecule has 0 aliphatic heterocycles. The van der Waals surface area contributed by atoms with Crippen LogP contribution in [0, 0.1) is 17.8 Å². The van der Waals surface area contributed by atoms with E-state index in [2.05, 4.69) is 10.6 Å². The van der Waals surface area contributed by atoms with Crippen LogP contribution in [0.4, 0.5) is 0 Å². The third kappa shape index (κ3) is 7.18. The third-order valence-corrected chi connectivity index (χ3v) is 4.92. The van der Waals surface area contributed by atoms with E-state index >= 15 is 0 Å². The van der Waals surface area contributed by atoms with Gasteiger partial charge in [0.25, 0.3) is 0 Å². The summed E-state index contributed by atoms with van der Waals surface area (Å²) in [5.74, 6) is 1.20. The summed E-state index contributed by atoms with van der Waals surface area (Å²) in [5, 5.41) is 5.88. The van der Waals surface area contributed by atoms with Crippen LogP contribution in [-0.2, 0) is 19.1 Å². The first-order valence-corrected chi connectivity index (χ1v) is 9.12. The molecule has 1 atom stereocenters. The molecule has 2 fully saturated rings. The summed E-state index contributed by atoms with van der Waals surface area (Å²) >= 11 is 0. The van der Waals surface area contributed by atoms with Gasteiger partial charge in [0.15, 0.2) is 0 Å². The number of ether oxygens (including phenoxy) is 2. The van der Waals surface area contributed by atoms with Gasteiger partial charge in [0.1, 0.15) is 13.2 Å². The summed E-state index contributed by atoms with van der Waals surface area (Å²) in [5.41, 5.74) is -0.508. The minimum Gasteiger partial charge on any atom is -0.371 e. The number of carbonyl (C=O) groups excluding carboxylic acids is 2. The molecule has 0 aromatic rings. The van der Waals surface area contributed by atoms with Crippen molar-refractivity contribution in [1.29, 1.82) is 0 Å². The predicted octanol–water partition coefficient (Wildman–Crippen LogP) is 1.49. The lowest BCUT2D eigenvalue weighted by Gasteiger charge is -2.35. The van der Waals surface area contributed by atoms with Crippen LogP contribution >= 0.6 is 0 Å². The summed E-state index contributed by atoms with van der Waals surface area (Å²) in [4.78, 5) is 24.0. The van der Waals surface area contributed by atoms with E-state index in [9.17, 15) is 9.59 Å². The van der Waals surface area contributed by atoms with Gasteiger partial charge in [0.2, 0.25) is 11.8 Å². The van der Waals surface area contributed by atoms with E-state index in [1.165, 1.54) is 25.7 Å². The fraction of sp³-hybridized carbons (Fsp3) is 0.889. The molecular weight excluding hydrogens is 308 g/mol. The molecule has 2 N–H and O–H groups in total. The van der Waals surface area contributed by atoms with Crippen LogP contribution in [0.5, 0.6) is 0 Å². The molecule has 24 heavy (non-hydrogen) atoms. The zero-order valence-corrected chi connectivity index (χ0v) is 15.2. The predicted molar refractivity (Wildman–Crippen MR) is 91.5 cm³/mol. The Balaban J connectivity index is 1.66. The standard InChI is InChI=1S/C18H32N2O4/c1-13(2)18(3,20-17(22)11-24-9-15-6-7-15)12-19-16(21)10-23-8-14-4-5-14/h13-15H,4-12H2,1-3H3,(H,19,21)(H,20,22). The van der Waals surface area contributed by atoms with Crippen LogP contribution in [0.25, 0.3) is 0 Å². The molecule has 0 aromatic heterocycles. The lowest BCUT2D eigenvalue weighted by Crippen LogP contribution is -2.57. The molecule has 6 heteroatoms. The zero-order chi connectivity index (χ0) is 17.6. The Morgan fingerprint density at radius 1 is 1.00 bits per heavy atom. The highest BCUT2D eigenvalue weighted by Gasteiger charge is 2.31. The lowest BCUT2D eigenvalue weighted by atomic mass is 9.88. The fourth-order valence-corrected chi connectivity index (χ4v) is 2.29. The van der Waals surface area contributed by atoms with Gasteiger partial charge in [-0.1, -0.05) is 13.8 Å². The van der Waals surface area contributed by atoms with E-state index in [1.54, 1.807) is 0 Å². The quantitative estimate of drug-likeness (QED) is 0.564. The van der Waals surface area contributed by atoms with Crippen molar-refractivity contribution in [2.75, 3.05) is 33.0 Å². The fourth-order valence-electron chi connectivity index (χ4n) is 2.29. The highest BCUT2D eigenvalue weighted by Crippen LogP contribution is 2.29. The maximum Gasteiger partial charge on any atom is 0.246 e. The molecule has 2 aliphatic rings. The summed E-state index contributed by atoms with van der Waals surface area (Å²) in [6, 6.07) is 0. The molecule has 2 amide bonds. The number of hydrogen-bond donors (Lipinski definition) is 2. The molecule has 0 heterocycles. The molecule has 2 aliphatic carbocycles. The Morgan fingerprint density at radius 2 is 1.50 bits per heavy atom. The van der Waals surface area contributed by atoms with Gasteiger partial charge in [-0.15, -0.1) is 0 Å². The first kappa shape index (κ1) is 19.2. The van der Waals surface area contributed by atoms with Gasteiger partial charge in [0, 0.05) is 6.54 Å². The lowest BCUT2D eigenvalue weighted by molar-refractivity contribution is -0.130. The number of carbonyl (C=O) groups is 2. The molecule has 0 spiro atoms. The molecule has 0 aromatic carbocycles. The SMILES string of the molecule is CC(C)C(C)(CNC(=O)COCC1CC1)NC(=O)COCC1CC1. The highest BCUT2D eigenvalue weighted by atomic mass is 16.5. The van der Waals surface area contributed by atoms with Crippen molar-refractivity contribution >= 4 is 11.8 Å². The van der Waals surface area contributed by atoms with Crippen LogP contribution < -0.4 is 10.6 Å². The monoisotopic (exact) mass is 340 g/mol. The Bertz CT molecular complexity index is 433. The van der Waals surface area contributed by atoms with Gasteiger partial charge in [-0.25, -0.2) is 0 Å². The van der Waals surface area contributed by atoms with Gasteiger partial charge < -0.3 is 20.1 Å². The number of rotatable bonds is 12. The molecule has 2 rings (SSSR count). The molecule has 0 bridgehead atoms.